The van der Waals surface area contributed by atoms with Crippen LogP contribution in [-0.4, -0.2) is 24.1 Å². The Morgan fingerprint density at radius 1 is 1.21 bits per heavy atom. The number of nitrogens with one attached hydrogen (secondary N) is 1. The predicted molar refractivity (Wildman–Crippen MR) is 81.5 cm³/mol. The highest BCUT2D eigenvalue weighted by Crippen LogP contribution is 2.22. The third kappa shape index (κ3) is 4.03. The predicted octanol–water partition coefficient (Wildman–Crippen LogP) is 3.06. The fourth-order valence-electron chi connectivity index (χ4n) is 1.47. The zero-order valence-corrected chi connectivity index (χ0v) is 12.8. The molecule has 0 atom stereocenters. The molecule has 6 heteroatoms. The van der Waals surface area contributed by atoms with Crippen molar-refractivity contribution in [1.82, 2.24) is 9.97 Å². The van der Waals surface area contributed by atoms with Gasteiger partial charge in [-0.3, -0.25) is 0 Å². The fraction of sp³-hybridized carbons (Fsp3) is 0.231. The van der Waals surface area contributed by atoms with E-state index >= 15 is 0 Å². The minimum Gasteiger partial charge on any atom is -0.439 e. The summed E-state index contributed by atoms with van der Waals surface area (Å²) in [6, 6.07) is 9.51. The summed E-state index contributed by atoms with van der Waals surface area (Å²) in [7, 11) is 3.41. The number of anilines is 1. The van der Waals surface area contributed by atoms with E-state index in [0.29, 0.717) is 24.1 Å². The highest BCUT2D eigenvalue weighted by Gasteiger charge is 2.06. The summed E-state index contributed by atoms with van der Waals surface area (Å²) >= 11 is 2.25. The quantitative estimate of drug-likeness (QED) is 0.819. The Morgan fingerprint density at radius 3 is 2.58 bits per heavy atom. The lowest BCUT2D eigenvalue weighted by Gasteiger charge is -2.08. The fourth-order valence-corrected chi connectivity index (χ4v) is 1.83. The van der Waals surface area contributed by atoms with Gasteiger partial charge in [-0.15, -0.1) is 0 Å². The van der Waals surface area contributed by atoms with Crippen molar-refractivity contribution in [2.24, 2.45) is 0 Å². The summed E-state index contributed by atoms with van der Waals surface area (Å²) in [6.45, 7) is 0.346. The maximum atomic E-state index is 5.71. The molecule has 1 aromatic carbocycles. The number of nitrogens with zero attached hydrogens (tertiary/aromatic N) is 2. The molecular formula is C13H14IN3O2. The van der Waals surface area contributed by atoms with Crippen LogP contribution in [0, 0.1) is 3.57 Å². The molecule has 100 valence electrons. The number of benzene rings is 1. The molecule has 0 aliphatic carbocycles. The first-order valence-corrected chi connectivity index (χ1v) is 6.77. The second kappa shape index (κ2) is 6.67. The molecule has 0 spiro atoms. The van der Waals surface area contributed by atoms with Crippen molar-refractivity contribution in [3.05, 3.63) is 39.7 Å². The van der Waals surface area contributed by atoms with Crippen LogP contribution in [0.5, 0.6) is 11.6 Å². The monoisotopic (exact) mass is 371 g/mol. The van der Waals surface area contributed by atoms with E-state index in [4.69, 9.17) is 9.47 Å². The summed E-state index contributed by atoms with van der Waals surface area (Å²) in [4.78, 5) is 8.56. The minimum atomic E-state index is 0.346. The van der Waals surface area contributed by atoms with Crippen LogP contribution in [0.15, 0.2) is 30.3 Å². The van der Waals surface area contributed by atoms with Crippen molar-refractivity contribution < 1.29 is 9.47 Å². The zero-order valence-electron chi connectivity index (χ0n) is 10.7. The standard InChI is InChI=1S/C13H14IN3O2/c1-15-11-7-13(17-12(16-11)8-18-2)19-10-5-3-9(14)4-6-10/h3-7H,8H2,1-2H3,(H,15,16,17). The average Bonchev–Trinajstić information content (AvgIpc) is 2.41. The van der Waals surface area contributed by atoms with Crippen molar-refractivity contribution >= 4 is 28.4 Å². The Balaban J connectivity index is 2.23. The number of hydrogen-bond donors (Lipinski definition) is 1. The molecule has 0 saturated carbocycles. The van der Waals surface area contributed by atoms with Gasteiger partial charge in [-0.05, 0) is 46.9 Å². The molecule has 0 fully saturated rings. The van der Waals surface area contributed by atoms with Crippen molar-refractivity contribution in [1.29, 1.82) is 0 Å². The first-order valence-electron chi connectivity index (χ1n) is 5.69. The van der Waals surface area contributed by atoms with Crippen LogP contribution < -0.4 is 10.1 Å². The molecule has 2 rings (SSSR count). The van der Waals surface area contributed by atoms with Crippen LogP contribution in [0.4, 0.5) is 5.82 Å². The largest absolute Gasteiger partial charge is 0.439 e. The van der Waals surface area contributed by atoms with E-state index in [1.807, 2.05) is 24.3 Å². The Morgan fingerprint density at radius 2 is 1.95 bits per heavy atom. The molecule has 1 N–H and O–H groups in total. The molecule has 0 unspecified atom stereocenters. The highest BCUT2D eigenvalue weighted by atomic mass is 127. The van der Waals surface area contributed by atoms with Crippen molar-refractivity contribution in [2.75, 3.05) is 19.5 Å². The van der Waals surface area contributed by atoms with Gasteiger partial charge in [-0.2, -0.15) is 4.98 Å². The van der Waals surface area contributed by atoms with Gasteiger partial charge in [0.15, 0.2) is 5.82 Å². The number of hydrogen-bond acceptors (Lipinski definition) is 5. The average molecular weight is 371 g/mol. The molecule has 1 heterocycles. The summed E-state index contributed by atoms with van der Waals surface area (Å²) in [5.41, 5.74) is 0. The Hall–Kier alpha value is -1.41. The lowest BCUT2D eigenvalue weighted by molar-refractivity contribution is 0.177. The van der Waals surface area contributed by atoms with E-state index in [9.17, 15) is 0 Å². The number of aromatic nitrogens is 2. The third-order valence-corrected chi connectivity index (χ3v) is 3.03. The molecule has 5 nitrogen and oxygen atoms in total. The molecule has 0 saturated heterocycles. The number of methoxy groups -OCH3 is 1. The lowest BCUT2D eigenvalue weighted by Crippen LogP contribution is -2.02. The topological polar surface area (TPSA) is 56.3 Å². The van der Waals surface area contributed by atoms with E-state index in [1.165, 1.54) is 0 Å². The number of ether oxygens (including phenoxy) is 2. The Kier molecular flexibility index (Phi) is 4.92. The molecule has 0 aliphatic rings. The van der Waals surface area contributed by atoms with Gasteiger partial charge in [0.1, 0.15) is 18.2 Å². The minimum absolute atomic E-state index is 0.346. The summed E-state index contributed by atoms with van der Waals surface area (Å²) in [5.74, 6) is 2.51. The first-order chi connectivity index (χ1) is 9.21. The van der Waals surface area contributed by atoms with E-state index < -0.39 is 0 Å². The second-order valence-electron chi connectivity index (χ2n) is 3.75. The molecule has 0 bridgehead atoms. The Labute approximate surface area is 125 Å². The first kappa shape index (κ1) is 14.0. The van der Waals surface area contributed by atoms with Gasteiger partial charge in [-0.25, -0.2) is 4.98 Å². The van der Waals surface area contributed by atoms with Crippen LogP contribution in [0.1, 0.15) is 5.82 Å². The van der Waals surface area contributed by atoms with Gasteiger partial charge in [0.05, 0.1) is 0 Å². The van der Waals surface area contributed by atoms with Crippen LogP contribution in [-0.2, 0) is 11.3 Å². The second-order valence-corrected chi connectivity index (χ2v) is 4.99. The van der Waals surface area contributed by atoms with Crippen molar-refractivity contribution in [2.45, 2.75) is 6.61 Å². The van der Waals surface area contributed by atoms with Gasteiger partial charge in [-0.1, -0.05) is 0 Å². The third-order valence-electron chi connectivity index (χ3n) is 2.31. The zero-order chi connectivity index (χ0) is 13.7. The Bertz CT molecular complexity index is 546. The molecular weight excluding hydrogens is 357 g/mol. The van der Waals surface area contributed by atoms with Gasteiger partial charge < -0.3 is 14.8 Å². The molecule has 0 aliphatic heterocycles. The number of rotatable bonds is 5. The SMILES string of the molecule is CNc1cc(Oc2ccc(I)cc2)nc(COC)n1. The maximum Gasteiger partial charge on any atom is 0.224 e. The van der Waals surface area contributed by atoms with Crippen LogP contribution in [0.25, 0.3) is 0 Å². The molecule has 19 heavy (non-hydrogen) atoms. The van der Waals surface area contributed by atoms with Crippen molar-refractivity contribution in [3.63, 3.8) is 0 Å². The van der Waals surface area contributed by atoms with Crippen LogP contribution in [0.2, 0.25) is 0 Å². The van der Waals surface area contributed by atoms with Crippen LogP contribution >= 0.6 is 22.6 Å². The highest BCUT2D eigenvalue weighted by molar-refractivity contribution is 14.1. The van der Waals surface area contributed by atoms with E-state index in [-0.39, 0.29) is 0 Å². The summed E-state index contributed by atoms with van der Waals surface area (Å²) in [5, 5.41) is 2.97. The summed E-state index contributed by atoms with van der Waals surface area (Å²) < 4.78 is 11.9. The molecule has 2 aromatic rings. The number of halogens is 1. The molecule has 0 radical (unpaired) electrons. The molecule has 0 amide bonds. The van der Waals surface area contributed by atoms with E-state index in [1.54, 1.807) is 20.2 Å². The van der Waals surface area contributed by atoms with Crippen LogP contribution in [0.3, 0.4) is 0 Å². The van der Waals surface area contributed by atoms with Gasteiger partial charge >= 0.3 is 0 Å². The normalized spacial score (nSPS) is 10.3. The van der Waals surface area contributed by atoms with Crippen molar-refractivity contribution in [3.8, 4) is 11.6 Å². The summed E-state index contributed by atoms with van der Waals surface area (Å²) in [6.07, 6.45) is 0. The maximum absolute atomic E-state index is 5.71. The smallest absolute Gasteiger partial charge is 0.224 e. The van der Waals surface area contributed by atoms with Gasteiger partial charge in [0, 0.05) is 23.8 Å². The van der Waals surface area contributed by atoms with Gasteiger partial charge in [0.2, 0.25) is 5.88 Å². The lowest BCUT2D eigenvalue weighted by atomic mass is 10.3. The van der Waals surface area contributed by atoms with E-state index in [0.717, 1.165) is 9.32 Å². The van der Waals surface area contributed by atoms with E-state index in [2.05, 4.69) is 37.9 Å². The molecule has 1 aromatic heterocycles. The van der Waals surface area contributed by atoms with Gasteiger partial charge in [0.25, 0.3) is 0 Å².